The van der Waals surface area contributed by atoms with E-state index in [1.165, 1.54) is 0 Å². The largest absolute Gasteiger partial charge is 0.494 e. The molecule has 0 aliphatic carbocycles. The number of benzene rings is 3. The van der Waals surface area contributed by atoms with E-state index in [2.05, 4.69) is 0 Å². The third-order valence-electron chi connectivity index (χ3n) is 9.25. The lowest BCUT2D eigenvalue weighted by Crippen LogP contribution is -2.78. The molecule has 29 heteroatoms. The van der Waals surface area contributed by atoms with Gasteiger partial charge in [-0.3, -0.25) is 0 Å². The van der Waals surface area contributed by atoms with Crippen molar-refractivity contribution in [3.8, 4) is 17.2 Å². The van der Waals surface area contributed by atoms with Crippen molar-refractivity contribution in [3.05, 3.63) is 72.8 Å². The van der Waals surface area contributed by atoms with Crippen LogP contribution in [0.1, 0.15) is 40.0 Å². The first kappa shape index (κ1) is 57.6. The van der Waals surface area contributed by atoms with Crippen molar-refractivity contribution in [2.24, 2.45) is 0 Å². The highest BCUT2D eigenvalue weighted by Crippen LogP contribution is 2.72. The molecule has 0 heterocycles. The highest BCUT2D eigenvalue weighted by atomic mass is 32.3. The maximum Gasteiger partial charge on any atom is 0.460 e. The van der Waals surface area contributed by atoms with Crippen molar-refractivity contribution in [2.45, 2.75) is 120 Å². The minimum atomic E-state index is -9.60. The average Bonchev–Trinajstić information content (AvgIpc) is 3.25. The van der Waals surface area contributed by atoms with E-state index in [-0.39, 0.29) is 37.1 Å². The van der Waals surface area contributed by atoms with E-state index in [4.69, 9.17) is 18.4 Å². The summed E-state index contributed by atoms with van der Waals surface area (Å²) >= 11 is 0. The van der Waals surface area contributed by atoms with Gasteiger partial charge in [-0.1, -0.05) is 20.8 Å². The number of rotatable bonds is 23. The van der Waals surface area contributed by atoms with Gasteiger partial charge in [0.1, 0.15) is 17.2 Å². The van der Waals surface area contributed by atoms with Gasteiger partial charge in [0, 0.05) is 14.7 Å². The fourth-order valence-electron chi connectivity index (χ4n) is 5.44. The number of carbonyl (C=O) groups is 1. The van der Waals surface area contributed by atoms with E-state index in [0.29, 0.717) is 19.3 Å². The van der Waals surface area contributed by atoms with Crippen molar-refractivity contribution >= 4 is 16.3 Å². The average molecular weight is 1050 g/mol. The topological polar surface area (TPSA) is 54.0 Å². The van der Waals surface area contributed by atoms with Crippen molar-refractivity contribution in [3.63, 3.8) is 0 Å². The Morgan fingerprint density at radius 3 is 0.809 bits per heavy atom. The van der Waals surface area contributed by atoms with E-state index in [0.717, 1.165) is 72.8 Å². The quantitative estimate of drug-likeness (QED) is 0.0886. The maximum absolute atomic E-state index is 15.7. The molecule has 0 bridgehead atoms. The molecular formula is C39H33F23O5S. The van der Waals surface area contributed by atoms with Crippen LogP contribution < -0.4 is 14.2 Å². The molecule has 0 radical (unpaired) electrons. The van der Waals surface area contributed by atoms with E-state index in [1.807, 2.05) is 0 Å². The van der Waals surface area contributed by atoms with Crippen LogP contribution in [0, 0.1) is 0 Å². The molecule has 0 spiro atoms. The highest BCUT2D eigenvalue weighted by Gasteiger charge is 2.99. The summed E-state index contributed by atoms with van der Waals surface area (Å²) in [6.07, 6.45) is -7.03. The van der Waals surface area contributed by atoms with Crippen molar-refractivity contribution < 1.29 is 124 Å². The third-order valence-corrected chi connectivity index (χ3v) is 12.5. The van der Waals surface area contributed by atoms with Crippen LogP contribution in [0.3, 0.4) is 0 Å². The van der Waals surface area contributed by atoms with Crippen LogP contribution in [-0.2, 0) is 8.98 Å². The monoisotopic (exact) mass is 1050 g/mol. The molecule has 3 rings (SSSR count). The zero-order chi connectivity index (χ0) is 52.6. The molecule has 68 heavy (non-hydrogen) atoms. The summed E-state index contributed by atoms with van der Waals surface area (Å²) in [5.74, 6) is -95.1. The molecule has 0 N–H and O–H groups in total. The number of ether oxygens (including phenoxy) is 3. The van der Waals surface area contributed by atoms with Crippen LogP contribution in [0.25, 0.3) is 0 Å². The Labute approximate surface area is 370 Å². The molecule has 0 amide bonds. The molecule has 3 aromatic carbocycles. The second-order valence-corrected chi connectivity index (χ2v) is 16.8. The Balaban J connectivity index is 2.33. The summed E-state index contributed by atoms with van der Waals surface area (Å²) < 4.78 is 349. The number of carbonyl (C=O) groups excluding carboxylic acids is 1. The van der Waals surface area contributed by atoms with Gasteiger partial charge >= 0.3 is 71.4 Å². The van der Waals surface area contributed by atoms with Gasteiger partial charge in [-0.05, 0) is 102 Å². The van der Waals surface area contributed by atoms with Crippen molar-refractivity contribution in [1.29, 1.82) is 0 Å². The molecule has 0 aliphatic rings. The van der Waals surface area contributed by atoms with Crippen LogP contribution in [0.5, 0.6) is 17.2 Å². The first-order valence-corrected chi connectivity index (χ1v) is 20.4. The maximum atomic E-state index is 15.7. The van der Waals surface area contributed by atoms with Gasteiger partial charge in [-0.2, -0.15) is 101 Å². The van der Waals surface area contributed by atoms with E-state index < -0.39 is 96.4 Å². The summed E-state index contributed by atoms with van der Waals surface area (Å²) in [6.45, 7) is 5.01. The molecule has 0 fully saturated rings. The molecule has 386 valence electrons. The molecule has 0 unspecified atom stereocenters. The predicted molar refractivity (Wildman–Crippen MR) is 191 cm³/mol. The summed E-state index contributed by atoms with van der Waals surface area (Å²) in [4.78, 5) is 11.7. The summed E-state index contributed by atoms with van der Waals surface area (Å²) in [6, 6.07) is 11.7. The highest BCUT2D eigenvalue weighted by molar-refractivity contribution is 8.30. The van der Waals surface area contributed by atoms with Crippen LogP contribution in [0.15, 0.2) is 87.5 Å². The molecular weight excluding hydrogens is 1020 g/mol. The Kier molecular flexibility index (Phi) is 16.3. The third kappa shape index (κ3) is 9.11. The van der Waals surface area contributed by atoms with E-state index in [9.17, 15) is 79.4 Å². The first-order chi connectivity index (χ1) is 30.7. The van der Waals surface area contributed by atoms with Crippen molar-refractivity contribution in [1.82, 2.24) is 0 Å². The van der Waals surface area contributed by atoms with Crippen LogP contribution in [0.4, 0.5) is 101 Å². The molecule has 0 atom stereocenters. The van der Waals surface area contributed by atoms with Crippen LogP contribution >= 0.6 is 10.3 Å². The van der Waals surface area contributed by atoms with Gasteiger partial charge in [0.2, 0.25) is 0 Å². The number of halogens is 23. The fraction of sp³-hybridized carbons (Fsp3) is 0.513. The second-order valence-electron chi connectivity index (χ2n) is 14.1. The van der Waals surface area contributed by atoms with Gasteiger partial charge in [-0.25, -0.2) is 4.79 Å². The Morgan fingerprint density at radius 2 is 0.588 bits per heavy atom. The summed E-state index contributed by atoms with van der Waals surface area (Å²) in [5, 5.41) is 0. The summed E-state index contributed by atoms with van der Waals surface area (Å²) in [5.41, 5.74) is 0. The van der Waals surface area contributed by atoms with Crippen LogP contribution in [0.2, 0.25) is 0 Å². The zero-order valence-corrected chi connectivity index (χ0v) is 35.1. The first-order valence-electron chi connectivity index (χ1n) is 18.8. The number of alkyl halides is 23. The Bertz CT molecular complexity index is 2040. The normalized spacial score (nSPS) is 14.7. The minimum Gasteiger partial charge on any atom is -0.494 e. The lowest BCUT2D eigenvalue weighted by atomic mass is 9.85. The molecule has 0 aromatic heterocycles. The Hall–Kier alpha value is -4.73. The van der Waals surface area contributed by atoms with E-state index in [1.54, 1.807) is 20.8 Å². The lowest BCUT2D eigenvalue weighted by Gasteiger charge is -2.45. The standard InChI is InChI=1S/C39H33F23O5S/c1-4-19-64-22-7-13-25(14-8-22)68(26-15-9-23(10-16-26)65-20-5-2,27-17-11-24(12-18-27)66-21-6-3)67-28(63)29(40,41)30(42,43)31(44,45)32(46,47)33(48,49)34(50,51)35(52,53)36(54,55)37(56,57)38(58,59)39(60,61)62/h7-18H,4-6,19-21H2,1-3H3. The second kappa shape index (κ2) is 19.2. The molecule has 3 aromatic rings. The fourth-order valence-corrected chi connectivity index (χ4v) is 8.44. The Morgan fingerprint density at radius 1 is 0.368 bits per heavy atom. The van der Waals surface area contributed by atoms with Gasteiger partial charge < -0.3 is 18.4 Å². The van der Waals surface area contributed by atoms with Gasteiger partial charge in [0.15, 0.2) is 0 Å². The lowest BCUT2D eigenvalue weighted by molar-refractivity contribution is -0.477. The number of hydrogen-bond donors (Lipinski definition) is 0. The van der Waals surface area contributed by atoms with E-state index >= 15 is 26.3 Å². The van der Waals surface area contributed by atoms with Crippen LogP contribution in [-0.4, -0.2) is 91.2 Å². The predicted octanol–water partition coefficient (Wildman–Crippen LogP) is 14.7. The molecule has 0 aliphatic heterocycles. The zero-order valence-electron chi connectivity index (χ0n) is 34.3. The minimum absolute atomic E-state index is 0.0243. The van der Waals surface area contributed by atoms with Gasteiger partial charge in [-0.15, -0.1) is 0 Å². The van der Waals surface area contributed by atoms with Crippen molar-refractivity contribution in [2.75, 3.05) is 19.8 Å². The molecule has 0 saturated carbocycles. The number of hydrogen-bond acceptors (Lipinski definition) is 5. The smallest absolute Gasteiger partial charge is 0.460 e. The summed E-state index contributed by atoms with van der Waals surface area (Å²) in [7, 11) is -4.62. The molecule has 0 saturated heterocycles. The molecule has 5 nitrogen and oxygen atoms in total. The van der Waals surface area contributed by atoms with Gasteiger partial charge in [0.05, 0.1) is 19.8 Å². The van der Waals surface area contributed by atoms with Gasteiger partial charge in [0.25, 0.3) is 0 Å². The SMILES string of the molecule is CCCOc1ccc(S(OC(=O)C(F)(F)C(F)(F)C(F)(F)C(F)(F)C(F)(F)C(F)(F)C(F)(F)C(F)(F)C(F)(F)C(F)(F)C(F)(F)F)(c2ccc(OCCC)cc2)c2ccc(OCCC)cc2)cc1.